The summed E-state index contributed by atoms with van der Waals surface area (Å²) in [6.45, 7) is 3.18. The third-order valence-electron chi connectivity index (χ3n) is 2.24. The number of ether oxygens (including phenoxy) is 1. The summed E-state index contributed by atoms with van der Waals surface area (Å²) in [6, 6.07) is 3.44. The Kier molecular flexibility index (Phi) is 4.78. The molecule has 2 nitrogen and oxygen atoms in total. The van der Waals surface area contributed by atoms with Gasteiger partial charge in [0.2, 0.25) is 0 Å². The van der Waals surface area contributed by atoms with E-state index in [1.54, 1.807) is 13.8 Å². The molecule has 0 radical (unpaired) electrons. The fraction of sp³-hybridized carbons (Fsp3) is 0.417. The second-order valence-corrected chi connectivity index (χ2v) is 4.97. The molecule has 0 fully saturated rings. The van der Waals surface area contributed by atoms with Crippen LogP contribution in [0.25, 0.3) is 0 Å². The van der Waals surface area contributed by atoms with Crippen molar-refractivity contribution in [2.24, 2.45) is 0 Å². The van der Waals surface area contributed by atoms with Crippen LogP contribution in [0.2, 0.25) is 0 Å². The van der Waals surface area contributed by atoms with Crippen molar-refractivity contribution in [2.45, 2.75) is 24.9 Å². The summed E-state index contributed by atoms with van der Waals surface area (Å²) >= 11 is 3.05. The van der Waals surface area contributed by atoms with Gasteiger partial charge in [0.1, 0.15) is 5.75 Å². The van der Waals surface area contributed by atoms with E-state index in [0.29, 0.717) is 0 Å². The highest BCUT2D eigenvalue weighted by Gasteiger charge is 2.36. The lowest BCUT2D eigenvalue weighted by Crippen LogP contribution is -2.16. The molecule has 0 saturated carbocycles. The molecule has 1 unspecified atom stereocenters. The van der Waals surface area contributed by atoms with Gasteiger partial charge in [-0.25, -0.2) is 0 Å². The third kappa shape index (κ3) is 3.25. The Morgan fingerprint density at radius 2 is 2.06 bits per heavy atom. The van der Waals surface area contributed by atoms with Gasteiger partial charge in [-0.3, -0.25) is 4.79 Å². The van der Waals surface area contributed by atoms with Gasteiger partial charge in [0.25, 0.3) is 0 Å². The Bertz CT molecular complexity index is 441. The Morgan fingerprint density at radius 3 is 2.50 bits per heavy atom. The van der Waals surface area contributed by atoms with Crippen LogP contribution in [0.1, 0.15) is 29.8 Å². The van der Waals surface area contributed by atoms with E-state index >= 15 is 0 Å². The van der Waals surface area contributed by atoms with Gasteiger partial charge < -0.3 is 4.74 Å². The fourth-order valence-corrected chi connectivity index (χ4v) is 1.72. The van der Waals surface area contributed by atoms with E-state index < -0.39 is 28.1 Å². The number of para-hydroxylation sites is 1. The van der Waals surface area contributed by atoms with Crippen molar-refractivity contribution >= 4 is 21.7 Å². The van der Waals surface area contributed by atoms with Gasteiger partial charge in [-0.1, -0.05) is 22.0 Å². The van der Waals surface area contributed by atoms with Crippen molar-refractivity contribution in [2.75, 3.05) is 6.61 Å². The number of benzene rings is 1. The zero-order chi connectivity index (χ0) is 13.9. The molecule has 0 aliphatic rings. The average Bonchev–Trinajstić information content (AvgIpc) is 2.27. The Hall–Kier alpha value is -1.04. The maximum absolute atomic E-state index is 12.8. The molecular weight excluding hydrogens is 313 g/mol. The zero-order valence-electron chi connectivity index (χ0n) is 9.84. The topological polar surface area (TPSA) is 26.3 Å². The maximum Gasteiger partial charge on any atom is 0.419 e. The quantitative estimate of drug-likeness (QED) is 0.616. The fourth-order valence-electron chi connectivity index (χ4n) is 1.47. The number of halogens is 4. The minimum Gasteiger partial charge on any atom is -0.492 e. The molecule has 100 valence electrons. The summed E-state index contributed by atoms with van der Waals surface area (Å²) in [4.78, 5) is 11.3. The first-order valence-corrected chi connectivity index (χ1v) is 6.21. The molecule has 1 aromatic rings. The molecule has 18 heavy (non-hydrogen) atoms. The third-order valence-corrected chi connectivity index (χ3v) is 2.65. The van der Waals surface area contributed by atoms with E-state index in [0.717, 1.165) is 6.07 Å². The van der Waals surface area contributed by atoms with Crippen LogP contribution in [0, 0.1) is 0 Å². The van der Waals surface area contributed by atoms with E-state index in [1.807, 2.05) is 0 Å². The summed E-state index contributed by atoms with van der Waals surface area (Å²) in [5.74, 6) is -0.839. The molecule has 0 saturated heterocycles. The SMILES string of the molecule is CCOc1c(C(=O)C(C)Br)cccc1C(F)(F)F. The van der Waals surface area contributed by atoms with Crippen molar-refractivity contribution in [3.05, 3.63) is 29.3 Å². The number of hydrogen-bond acceptors (Lipinski definition) is 2. The number of alkyl halides is 4. The second-order valence-electron chi connectivity index (χ2n) is 3.59. The zero-order valence-corrected chi connectivity index (χ0v) is 11.4. The Morgan fingerprint density at radius 1 is 1.44 bits per heavy atom. The first-order chi connectivity index (χ1) is 8.29. The van der Waals surface area contributed by atoms with Gasteiger partial charge >= 0.3 is 6.18 Å². The second kappa shape index (κ2) is 5.73. The molecular formula is C12H12BrF3O2. The Labute approximate surface area is 111 Å². The molecule has 1 aromatic carbocycles. The van der Waals surface area contributed by atoms with Crippen LogP contribution in [0.5, 0.6) is 5.75 Å². The normalized spacial score (nSPS) is 13.2. The van der Waals surface area contributed by atoms with E-state index in [2.05, 4.69) is 15.9 Å². The number of ketones is 1. The van der Waals surface area contributed by atoms with Crippen LogP contribution in [0.4, 0.5) is 13.2 Å². The van der Waals surface area contributed by atoms with Crippen molar-refractivity contribution < 1.29 is 22.7 Å². The first-order valence-electron chi connectivity index (χ1n) is 5.30. The number of carbonyl (C=O) groups is 1. The van der Waals surface area contributed by atoms with Gasteiger partial charge in [0.05, 0.1) is 22.6 Å². The monoisotopic (exact) mass is 324 g/mol. The summed E-state index contributed by atoms with van der Waals surface area (Å²) in [7, 11) is 0. The van der Waals surface area contributed by atoms with E-state index in [-0.39, 0.29) is 12.2 Å². The predicted molar refractivity (Wildman–Crippen MR) is 65.3 cm³/mol. The number of hydrogen-bond donors (Lipinski definition) is 0. The summed E-state index contributed by atoms with van der Waals surface area (Å²) < 4.78 is 43.4. The van der Waals surface area contributed by atoms with Crippen molar-refractivity contribution in [3.63, 3.8) is 0 Å². The summed E-state index contributed by atoms with van der Waals surface area (Å²) in [5, 5.41) is 0. The standard InChI is InChI=1S/C12H12BrF3O2/c1-3-18-11-8(10(17)7(2)13)5-4-6-9(11)12(14,15)16/h4-7H,3H2,1-2H3. The van der Waals surface area contributed by atoms with Gasteiger partial charge in [-0.15, -0.1) is 0 Å². The molecule has 0 N–H and O–H groups in total. The Balaban J connectivity index is 3.39. The van der Waals surface area contributed by atoms with E-state index in [4.69, 9.17) is 4.74 Å². The van der Waals surface area contributed by atoms with Crippen LogP contribution in [-0.4, -0.2) is 17.2 Å². The van der Waals surface area contributed by atoms with Gasteiger partial charge in [-0.2, -0.15) is 13.2 Å². The van der Waals surface area contributed by atoms with Gasteiger partial charge in [0, 0.05) is 0 Å². The number of rotatable bonds is 4. The lowest BCUT2D eigenvalue weighted by Gasteiger charge is -2.16. The highest BCUT2D eigenvalue weighted by atomic mass is 79.9. The highest BCUT2D eigenvalue weighted by molar-refractivity contribution is 9.10. The molecule has 1 atom stereocenters. The largest absolute Gasteiger partial charge is 0.492 e. The smallest absolute Gasteiger partial charge is 0.419 e. The molecule has 0 spiro atoms. The lowest BCUT2D eigenvalue weighted by molar-refractivity contribution is -0.138. The predicted octanol–water partition coefficient (Wildman–Crippen LogP) is 4.07. The van der Waals surface area contributed by atoms with E-state index in [1.165, 1.54) is 12.1 Å². The number of carbonyl (C=O) groups excluding carboxylic acids is 1. The first kappa shape index (κ1) is 15.0. The van der Waals surface area contributed by atoms with Crippen LogP contribution >= 0.6 is 15.9 Å². The molecule has 0 bridgehead atoms. The van der Waals surface area contributed by atoms with Crippen LogP contribution in [0.3, 0.4) is 0 Å². The van der Waals surface area contributed by atoms with Crippen LogP contribution < -0.4 is 4.74 Å². The maximum atomic E-state index is 12.8. The van der Waals surface area contributed by atoms with Crippen molar-refractivity contribution in [1.82, 2.24) is 0 Å². The molecule has 0 heterocycles. The molecule has 6 heteroatoms. The van der Waals surface area contributed by atoms with Crippen LogP contribution in [-0.2, 0) is 6.18 Å². The summed E-state index contributed by atoms with van der Waals surface area (Å²) in [5.41, 5.74) is -0.987. The molecule has 0 aliphatic carbocycles. The average molecular weight is 325 g/mol. The number of Topliss-reactive ketones (excluding diaryl/α,β-unsaturated/α-hetero) is 1. The molecule has 0 amide bonds. The van der Waals surface area contributed by atoms with Gasteiger partial charge in [0.15, 0.2) is 5.78 Å². The van der Waals surface area contributed by atoms with Gasteiger partial charge in [-0.05, 0) is 26.0 Å². The minimum atomic E-state index is -4.55. The van der Waals surface area contributed by atoms with E-state index in [9.17, 15) is 18.0 Å². The highest BCUT2D eigenvalue weighted by Crippen LogP contribution is 2.38. The molecule has 0 aromatic heterocycles. The lowest BCUT2D eigenvalue weighted by atomic mass is 10.0. The summed E-state index contributed by atoms with van der Waals surface area (Å²) in [6.07, 6.45) is -4.55. The van der Waals surface area contributed by atoms with Crippen molar-refractivity contribution in [3.8, 4) is 5.75 Å². The van der Waals surface area contributed by atoms with Crippen LogP contribution in [0.15, 0.2) is 18.2 Å². The molecule has 1 rings (SSSR count). The minimum absolute atomic E-state index is 0.0592. The molecule has 0 aliphatic heterocycles. The van der Waals surface area contributed by atoms with Crippen molar-refractivity contribution in [1.29, 1.82) is 0 Å².